The molecule has 0 radical (unpaired) electrons. The highest BCUT2D eigenvalue weighted by molar-refractivity contribution is 7.17. The number of rotatable bonds is 7. The molecule has 0 aliphatic heterocycles. The van der Waals surface area contributed by atoms with E-state index in [0.717, 1.165) is 55.4 Å². The Morgan fingerprint density at radius 2 is 1.71 bits per heavy atom. The molecule has 2 aromatic rings. The molecule has 1 heterocycles. The minimum absolute atomic E-state index is 0.00523. The topological polar surface area (TPSA) is 95.5 Å². The van der Waals surface area contributed by atoms with E-state index in [1.54, 1.807) is 24.3 Å². The van der Waals surface area contributed by atoms with Crippen LogP contribution < -0.4 is 10.6 Å². The number of hydrogen-bond donors (Lipinski definition) is 3. The fourth-order valence-corrected chi connectivity index (χ4v) is 6.26. The largest absolute Gasteiger partial charge is 0.481 e. The molecular formula is C23H25ClN2O4S. The van der Waals surface area contributed by atoms with Crippen LogP contribution in [0, 0.1) is 5.41 Å². The van der Waals surface area contributed by atoms with Crippen LogP contribution in [-0.2, 0) is 22.4 Å². The number of carbonyl (C=O) groups excluding carboxylic acids is 2. The number of amides is 2. The Morgan fingerprint density at radius 3 is 2.39 bits per heavy atom. The van der Waals surface area contributed by atoms with Crippen molar-refractivity contribution in [3.63, 3.8) is 0 Å². The zero-order chi connectivity index (χ0) is 22.0. The summed E-state index contributed by atoms with van der Waals surface area (Å²) in [6.07, 6.45) is 6.28. The second-order valence-corrected chi connectivity index (χ2v) is 10.1. The first kappa shape index (κ1) is 21.8. The molecule has 1 fully saturated rings. The van der Waals surface area contributed by atoms with Crippen LogP contribution >= 0.6 is 22.9 Å². The zero-order valence-corrected chi connectivity index (χ0v) is 18.7. The van der Waals surface area contributed by atoms with Gasteiger partial charge >= 0.3 is 5.97 Å². The lowest BCUT2D eigenvalue weighted by atomic mass is 9.79. The number of hydrogen-bond acceptors (Lipinski definition) is 4. The van der Waals surface area contributed by atoms with Gasteiger partial charge in [0.25, 0.3) is 5.91 Å². The number of thiophene rings is 1. The predicted octanol–water partition coefficient (Wildman–Crippen LogP) is 5.51. The normalized spacial score (nSPS) is 16.7. The van der Waals surface area contributed by atoms with Gasteiger partial charge in [-0.3, -0.25) is 14.4 Å². The highest BCUT2D eigenvalue weighted by atomic mass is 35.5. The first-order chi connectivity index (χ1) is 14.8. The van der Waals surface area contributed by atoms with Crippen LogP contribution in [0.1, 0.15) is 65.7 Å². The molecule has 164 valence electrons. The Labute approximate surface area is 190 Å². The Balaban J connectivity index is 1.53. The van der Waals surface area contributed by atoms with Gasteiger partial charge in [-0.05, 0) is 67.3 Å². The standard InChI is InChI=1S/C23H25ClN2O4S/c24-14-6-8-15(9-7-14)25-21(30)20-16-4-3-5-17(16)31-22(20)26-18(27)12-23(13-19(28)29)10-1-2-11-23/h6-9H,1-5,10-13H2,(H,25,30)(H,26,27)(H,28,29). The van der Waals surface area contributed by atoms with Crippen molar-refractivity contribution in [1.29, 1.82) is 0 Å². The fraction of sp³-hybridized carbons (Fsp3) is 0.435. The van der Waals surface area contributed by atoms with E-state index in [2.05, 4.69) is 10.6 Å². The van der Waals surface area contributed by atoms with Crippen LogP contribution in [0.15, 0.2) is 24.3 Å². The van der Waals surface area contributed by atoms with Gasteiger partial charge in [0.05, 0.1) is 12.0 Å². The number of halogens is 1. The molecule has 6 nitrogen and oxygen atoms in total. The number of aryl methyl sites for hydroxylation is 1. The van der Waals surface area contributed by atoms with Crippen LogP contribution in [-0.4, -0.2) is 22.9 Å². The van der Waals surface area contributed by atoms with E-state index in [4.69, 9.17) is 11.6 Å². The van der Waals surface area contributed by atoms with Crippen molar-refractivity contribution in [2.75, 3.05) is 10.6 Å². The Kier molecular flexibility index (Phi) is 6.34. The van der Waals surface area contributed by atoms with Crippen LogP contribution in [0.4, 0.5) is 10.7 Å². The van der Waals surface area contributed by atoms with E-state index in [1.165, 1.54) is 11.3 Å². The summed E-state index contributed by atoms with van der Waals surface area (Å²) in [5, 5.41) is 16.3. The molecule has 0 bridgehead atoms. The van der Waals surface area contributed by atoms with Crippen molar-refractivity contribution < 1.29 is 19.5 Å². The first-order valence-electron chi connectivity index (χ1n) is 10.6. The average Bonchev–Trinajstić information content (AvgIpc) is 3.39. The first-order valence-corrected chi connectivity index (χ1v) is 11.8. The number of aliphatic carboxylic acids is 1. The van der Waals surface area contributed by atoms with E-state index in [1.807, 2.05) is 0 Å². The molecule has 0 spiro atoms. The summed E-state index contributed by atoms with van der Waals surface area (Å²) < 4.78 is 0. The van der Waals surface area contributed by atoms with Crippen LogP contribution in [0.5, 0.6) is 0 Å². The summed E-state index contributed by atoms with van der Waals surface area (Å²) in [4.78, 5) is 38.5. The molecule has 1 aromatic carbocycles. The van der Waals surface area contributed by atoms with Gasteiger partial charge in [0, 0.05) is 22.0 Å². The monoisotopic (exact) mass is 460 g/mol. The number of carboxylic acid groups (broad SMARTS) is 1. The highest BCUT2D eigenvalue weighted by Gasteiger charge is 2.38. The third-order valence-electron chi connectivity index (χ3n) is 6.23. The molecule has 3 N–H and O–H groups in total. The summed E-state index contributed by atoms with van der Waals surface area (Å²) in [5.41, 5.74) is 1.69. The van der Waals surface area contributed by atoms with Crippen molar-refractivity contribution in [3.05, 3.63) is 45.3 Å². The molecule has 1 aromatic heterocycles. The lowest BCUT2D eigenvalue weighted by molar-refractivity contribution is -0.140. The highest BCUT2D eigenvalue weighted by Crippen LogP contribution is 2.45. The van der Waals surface area contributed by atoms with E-state index < -0.39 is 11.4 Å². The molecule has 2 amide bonds. The summed E-state index contributed by atoms with van der Waals surface area (Å²) in [5.74, 6) is -1.34. The smallest absolute Gasteiger partial charge is 0.303 e. The Morgan fingerprint density at radius 1 is 1.00 bits per heavy atom. The molecule has 0 saturated heterocycles. The van der Waals surface area contributed by atoms with Gasteiger partial charge in [-0.1, -0.05) is 24.4 Å². The lowest BCUT2D eigenvalue weighted by Gasteiger charge is -2.26. The van der Waals surface area contributed by atoms with Crippen molar-refractivity contribution in [3.8, 4) is 0 Å². The van der Waals surface area contributed by atoms with Gasteiger partial charge in [-0.15, -0.1) is 11.3 Å². The molecular weight excluding hydrogens is 436 g/mol. The Bertz CT molecular complexity index is 1010. The maximum absolute atomic E-state index is 13.1. The average molecular weight is 461 g/mol. The number of carbonyl (C=O) groups is 3. The molecule has 2 aliphatic carbocycles. The summed E-state index contributed by atoms with van der Waals surface area (Å²) >= 11 is 7.38. The van der Waals surface area contributed by atoms with E-state index in [9.17, 15) is 19.5 Å². The maximum atomic E-state index is 13.1. The van der Waals surface area contributed by atoms with Gasteiger partial charge in [0.2, 0.25) is 5.91 Å². The number of nitrogens with one attached hydrogen (secondary N) is 2. The summed E-state index contributed by atoms with van der Waals surface area (Å²) in [6.45, 7) is 0. The number of fused-ring (bicyclic) bond motifs is 1. The molecule has 0 atom stereocenters. The number of benzene rings is 1. The van der Waals surface area contributed by atoms with Gasteiger partial charge in [-0.25, -0.2) is 0 Å². The minimum atomic E-state index is -0.868. The van der Waals surface area contributed by atoms with Gasteiger partial charge in [0.15, 0.2) is 0 Å². The third kappa shape index (κ3) is 4.93. The van der Waals surface area contributed by atoms with Crippen molar-refractivity contribution in [1.82, 2.24) is 0 Å². The molecule has 4 rings (SSSR count). The van der Waals surface area contributed by atoms with E-state index in [0.29, 0.717) is 21.3 Å². The molecule has 1 saturated carbocycles. The SMILES string of the molecule is O=C(O)CC1(CC(=O)Nc2sc3c(c2C(=O)Nc2ccc(Cl)cc2)CCC3)CCCC1. The van der Waals surface area contributed by atoms with Gasteiger partial charge in [-0.2, -0.15) is 0 Å². The molecule has 2 aliphatic rings. The summed E-state index contributed by atoms with van der Waals surface area (Å²) in [6, 6.07) is 6.89. The van der Waals surface area contributed by atoms with Crippen molar-refractivity contribution in [2.45, 2.75) is 57.8 Å². The minimum Gasteiger partial charge on any atom is -0.481 e. The molecule has 8 heteroatoms. The van der Waals surface area contributed by atoms with Crippen molar-refractivity contribution >= 4 is 51.4 Å². The molecule has 31 heavy (non-hydrogen) atoms. The predicted molar refractivity (Wildman–Crippen MR) is 122 cm³/mol. The zero-order valence-electron chi connectivity index (χ0n) is 17.1. The van der Waals surface area contributed by atoms with E-state index in [-0.39, 0.29) is 24.7 Å². The third-order valence-corrected chi connectivity index (χ3v) is 7.69. The summed E-state index contributed by atoms with van der Waals surface area (Å²) in [7, 11) is 0. The quantitative estimate of drug-likeness (QED) is 0.507. The Hall–Kier alpha value is -2.38. The lowest BCUT2D eigenvalue weighted by Crippen LogP contribution is -2.28. The second kappa shape index (κ2) is 9.01. The van der Waals surface area contributed by atoms with E-state index >= 15 is 0 Å². The van der Waals surface area contributed by atoms with Crippen LogP contribution in [0.25, 0.3) is 0 Å². The van der Waals surface area contributed by atoms with Gasteiger partial charge in [0.1, 0.15) is 5.00 Å². The fourth-order valence-electron chi connectivity index (χ4n) is 4.83. The maximum Gasteiger partial charge on any atom is 0.303 e. The van der Waals surface area contributed by atoms with Crippen molar-refractivity contribution in [2.24, 2.45) is 5.41 Å². The second-order valence-electron chi connectivity index (χ2n) is 8.53. The molecule has 0 unspecified atom stereocenters. The number of anilines is 2. The van der Waals surface area contributed by atoms with Crippen LogP contribution in [0.2, 0.25) is 5.02 Å². The van der Waals surface area contributed by atoms with Crippen LogP contribution in [0.3, 0.4) is 0 Å². The number of carboxylic acids is 1. The van der Waals surface area contributed by atoms with Gasteiger partial charge < -0.3 is 15.7 Å².